The van der Waals surface area contributed by atoms with Crippen LogP contribution >= 0.6 is 23.2 Å². The maximum Gasteiger partial charge on any atom is 0.254 e. The van der Waals surface area contributed by atoms with Gasteiger partial charge in [0.25, 0.3) is 5.91 Å². The highest BCUT2D eigenvalue weighted by Gasteiger charge is 2.23. The van der Waals surface area contributed by atoms with Crippen LogP contribution in [0.1, 0.15) is 17.3 Å². The number of halogens is 2. The maximum atomic E-state index is 12.1. The van der Waals surface area contributed by atoms with Gasteiger partial charge in [-0.2, -0.15) is 0 Å². The van der Waals surface area contributed by atoms with Gasteiger partial charge in [0.15, 0.2) is 0 Å². The molecule has 0 radical (unpaired) electrons. The summed E-state index contributed by atoms with van der Waals surface area (Å²) in [5.74, 6) is -0.413. The number of amides is 1. The normalized spacial score (nSPS) is 14.5. The Balaban J connectivity index is 3.18. The van der Waals surface area contributed by atoms with Crippen molar-refractivity contribution in [2.75, 3.05) is 12.0 Å². The number of hydrogen-bond acceptors (Lipinski definition) is 4. The minimum Gasteiger partial charge on any atom is -0.349 e. The lowest BCUT2D eigenvalue weighted by atomic mass is 10.2. The first-order chi connectivity index (χ1) is 9.54. The van der Waals surface area contributed by atoms with E-state index in [4.69, 9.17) is 28.3 Å². The second-order valence-electron chi connectivity index (χ2n) is 4.39. The Bertz CT molecular complexity index is 692. The van der Waals surface area contributed by atoms with Gasteiger partial charge in [0.1, 0.15) is 4.90 Å². The fourth-order valence-electron chi connectivity index (χ4n) is 1.65. The van der Waals surface area contributed by atoms with Crippen LogP contribution in [0.25, 0.3) is 0 Å². The average Bonchev–Trinajstić information content (AvgIpc) is 2.25. The second kappa shape index (κ2) is 7.06. The summed E-state index contributed by atoms with van der Waals surface area (Å²) in [6, 6.07) is 1.96. The summed E-state index contributed by atoms with van der Waals surface area (Å²) < 4.78 is 33.9. The summed E-state index contributed by atoms with van der Waals surface area (Å²) in [7, 11) is -5.17. The Labute approximate surface area is 135 Å². The first-order valence-corrected chi connectivity index (χ1v) is 9.68. The van der Waals surface area contributed by atoms with Crippen molar-refractivity contribution in [2.24, 2.45) is 5.14 Å². The zero-order chi connectivity index (χ0) is 16.4. The predicted octanol–water partition coefficient (Wildman–Crippen LogP) is 1.14. The third-order valence-corrected chi connectivity index (χ3v) is 5.19. The highest BCUT2D eigenvalue weighted by atomic mass is 35.5. The quantitative estimate of drug-likeness (QED) is 0.807. The van der Waals surface area contributed by atoms with Gasteiger partial charge in [0.05, 0.1) is 15.6 Å². The van der Waals surface area contributed by atoms with Crippen LogP contribution in [0.4, 0.5) is 0 Å². The third-order valence-electron chi connectivity index (χ3n) is 2.45. The van der Waals surface area contributed by atoms with E-state index in [0.29, 0.717) is 0 Å². The first-order valence-electron chi connectivity index (χ1n) is 5.65. The van der Waals surface area contributed by atoms with Crippen molar-refractivity contribution < 1.29 is 17.4 Å². The zero-order valence-corrected chi connectivity index (χ0v) is 14.4. The van der Waals surface area contributed by atoms with Crippen molar-refractivity contribution in [1.82, 2.24) is 5.32 Å². The van der Waals surface area contributed by atoms with E-state index in [1.807, 2.05) is 0 Å². The molecule has 1 amide bonds. The number of nitrogens with two attached hydrogens (primary N) is 1. The van der Waals surface area contributed by atoms with Crippen LogP contribution in [0.2, 0.25) is 10.0 Å². The molecule has 2 unspecified atom stereocenters. The van der Waals surface area contributed by atoms with E-state index in [0.717, 1.165) is 6.07 Å². The van der Waals surface area contributed by atoms with Gasteiger partial charge in [-0.15, -0.1) is 0 Å². The maximum absolute atomic E-state index is 12.1. The van der Waals surface area contributed by atoms with Crippen LogP contribution in [-0.2, 0) is 20.8 Å². The highest BCUT2D eigenvalue weighted by molar-refractivity contribution is 7.89. The number of rotatable bonds is 5. The SMILES string of the molecule is CC(CS(C)=O)NC(=O)c1c(Cl)ccc(S(N)(=O)=O)c1Cl. The Hall–Kier alpha value is -0.670. The fraction of sp³-hybridized carbons (Fsp3) is 0.364. The Kier molecular flexibility index (Phi) is 6.18. The van der Waals surface area contributed by atoms with Gasteiger partial charge in [0.2, 0.25) is 10.0 Å². The van der Waals surface area contributed by atoms with Crippen LogP contribution in [0, 0.1) is 0 Å². The molecule has 6 nitrogen and oxygen atoms in total. The molecule has 118 valence electrons. The summed E-state index contributed by atoms with van der Waals surface area (Å²) in [6.07, 6.45) is 1.50. The van der Waals surface area contributed by atoms with Gasteiger partial charge in [-0.1, -0.05) is 23.2 Å². The molecule has 0 heterocycles. The number of nitrogens with one attached hydrogen (secondary N) is 1. The second-order valence-corrected chi connectivity index (χ2v) is 8.19. The summed E-state index contributed by atoms with van der Waals surface area (Å²) in [5.41, 5.74) is -0.182. The summed E-state index contributed by atoms with van der Waals surface area (Å²) in [6.45, 7) is 1.66. The lowest BCUT2D eigenvalue weighted by molar-refractivity contribution is 0.0944. The van der Waals surface area contributed by atoms with Crippen molar-refractivity contribution in [3.63, 3.8) is 0 Å². The molecular weight excluding hydrogens is 359 g/mol. The number of carbonyl (C=O) groups is 1. The third kappa shape index (κ3) is 4.93. The zero-order valence-electron chi connectivity index (χ0n) is 11.2. The average molecular weight is 373 g/mol. The van der Waals surface area contributed by atoms with Gasteiger partial charge in [-0.05, 0) is 19.1 Å². The van der Waals surface area contributed by atoms with Crippen molar-refractivity contribution >= 4 is 49.9 Å². The lowest BCUT2D eigenvalue weighted by Gasteiger charge is -2.15. The largest absolute Gasteiger partial charge is 0.349 e. The molecule has 0 aromatic heterocycles. The molecule has 0 spiro atoms. The van der Waals surface area contributed by atoms with Crippen LogP contribution < -0.4 is 10.5 Å². The number of hydrogen-bond donors (Lipinski definition) is 2. The van der Waals surface area contributed by atoms with Crippen molar-refractivity contribution in [2.45, 2.75) is 17.9 Å². The van der Waals surface area contributed by atoms with Crippen LogP contribution in [0.5, 0.6) is 0 Å². The highest BCUT2D eigenvalue weighted by Crippen LogP contribution is 2.30. The van der Waals surface area contributed by atoms with Crippen molar-refractivity contribution in [3.05, 3.63) is 27.7 Å². The summed E-state index contributed by atoms with van der Waals surface area (Å²) >= 11 is 11.8. The van der Waals surface area contributed by atoms with Gasteiger partial charge >= 0.3 is 0 Å². The molecular formula is C11H14Cl2N2O4S2. The molecule has 21 heavy (non-hydrogen) atoms. The fourth-order valence-corrected chi connectivity index (χ4v) is 3.91. The Morgan fingerprint density at radius 3 is 2.48 bits per heavy atom. The minimum atomic E-state index is -4.07. The number of primary sulfonamides is 1. The van der Waals surface area contributed by atoms with E-state index < -0.39 is 32.8 Å². The molecule has 1 aromatic carbocycles. The molecule has 0 aliphatic rings. The molecule has 0 fully saturated rings. The predicted molar refractivity (Wildman–Crippen MR) is 83.7 cm³/mol. The molecule has 10 heteroatoms. The minimum absolute atomic E-state index is 0.00489. The van der Waals surface area contributed by atoms with E-state index >= 15 is 0 Å². The smallest absolute Gasteiger partial charge is 0.254 e. The first kappa shape index (κ1) is 18.4. The van der Waals surface area contributed by atoms with Gasteiger partial charge in [0, 0.05) is 28.9 Å². The molecule has 0 saturated carbocycles. The van der Waals surface area contributed by atoms with Gasteiger partial charge < -0.3 is 5.32 Å². The van der Waals surface area contributed by atoms with E-state index in [2.05, 4.69) is 5.32 Å². The molecule has 0 saturated heterocycles. The summed E-state index contributed by atoms with van der Waals surface area (Å²) in [4.78, 5) is 11.8. The standard InChI is InChI=1S/C11H14Cl2N2O4S2/c1-6(5-20(2)17)15-11(16)9-7(12)3-4-8(10(9)13)21(14,18)19/h3-4,6H,5H2,1-2H3,(H,15,16)(H2,14,18,19). The number of sulfonamides is 1. The van der Waals surface area contributed by atoms with Crippen LogP contribution in [-0.4, -0.2) is 36.6 Å². The van der Waals surface area contributed by atoms with E-state index in [1.165, 1.54) is 12.3 Å². The van der Waals surface area contributed by atoms with Crippen LogP contribution in [0.3, 0.4) is 0 Å². The molecule has 0 aliphatic carbocycles. The molecule has 3 N–H and O–H groups in total. The number of benzene rings is 1. The van der Waals surface area contributed by atoms with E-state index in [1.54, 1.807) is 6.92 Å². The Morgan fingerprint density at radius 1 is 1.43 bits per heavy atom. The molecule has 2 atom stereocenters. The van der Waals surface area contributed by atoms with E-state index in [-0.39, 0.29) is 26.3 Å². The molecule has 1 rings (SSSR count). The van der Waals surface area contributed by atoms with Crippen LogP contribution in [0.15, 0.2) is 17.0 Å². The van der Waals surface area contributed by atoms with Crippen molar-refractivity contribution in [1.29, 1.82) is 0 Å². The molecule has 1 aromatic rings. The van der Waals surface area contributed by atoms with Gasteiger partial charge in [-0.25, -0.2) is 13.6 Å². The molecule has 0 bridgehead atoms. The monoisotopic (exact) mass is 372 g/mol. The van der Waals surface area contributed by atoms with E-state index in [9.17, 15) is 17.4 Å². The lowest BCUT2D eigenvalue weighted by Crippen LogP contribution is -2.36. The van der Waals surface area contributed by atoms with Crippen molar-refractivity contribution in [3.8, 4) is 0 Å². The Morgan fingerprint density at radius 2 is 2.00 bits per heavy atom. The molecule has 0 aliphatic heterocycles. The van der Waals surface area contributed by atoms with Gasteiger partial charge in [-0.3, -0.25) is 9.00 Å². The summed E-state index contributed by atoms with van der Waals surface area (Å²) in [5, 5.41) is 7.22. The number of carbonyl (C=O) groups excluding carboxylic acids is 1. The topological polar surface area (TPSA) is 106 Å².